The van der Waals surface area contributed by atoms with Crippen LogP contribution >= 0.6 is 12.6 Å². The van der Waals surface area contributed by atoms with E-state index in [2.05, 4.69) is 18.1 Å². The summed E-state index contributed by atoms with van der Waals surface area (Å²) in [6.07, 6.45) is 0. The minimum atomic E-state index is 0.625. The van der Waals surface area contributed by atoms with Crippen LogP contribution in [0.1, 0.15) is 0 Å². The quantitative estimate of drug-likeness (QED) is 0.210. The van der Waals surface area contributed by atoms with Crippen LogP contribution in [-0.2, 0) is 0 Å². The van der Waals surface area contributed by atoms with Gasteiger partial charge in [0.15, 0.2) is 0 Å². The van der Waals surface area contributed by atoms with Gasteiger partial charge in [0.05, 0.1) is 11.4 Å². The van der Waals surface area contributed by atoms with Gasteiger partial charge in [0.25, 0.3) is 0 Å². The Kier molecular flexibility index (Phi) is 2.03. The van der Waals surface area contributed by atoms with Gasteiger partial charge in [-0.1, -0.05) is 0 Å². The summed E-state index contributed by atoms with van der Waals surface area (Å²) in [7, 11) is 0. The minimum absolute atomic E-state index is 0.625. The lowest BCUT2D eigenvalue weighted by Gasteiger charge is -2.03. The Morgan fingerprint density at radius 1 is 1.40 bits per heavy atom. The molecule has 0 unspecified atom stereocenters. The summed E-state index contributed by atoms with van der Waals surface area (Å²) >= 11 is 4.10. The van der Waals surface area contributed by atoms with Crippen molar-refractivity contribution < 1.29 is 0 Å². The van der Waals surface area contributed by atoms with Crippen molar-refractivity contribution in [2.45, 2.75) is 4.90 Å². The van der Waals surface area contributed by atoms with Crippen molar-refractivity contribution in [3.8, 4) is 0 Å². The zero-order valence-electron chi connectivity index (χ0n) is 5.33. The number of nitrogens with one attached hydrogen (secondary N) is 1. The molecule has 0 amide bonds. The van der Waals surface area contributed by atoms with Crippen LogP contribution in [0.25, 0.3) is 0 Å². The molecule has 0 fully saturated rings. The third kappa shape index (κ3) is 1.34. The molecule has 0 aliphatic carbocycles. The first kappa shape index (κ1) is 7.24. The van der Waals surface area contributed by atoms with E-state index in [9.17, 15) is 0 Å². The summed E-state index contributed by atoms with van der Waals surface area (Å²) in [5.74, 6) is 5.16. The monoisotopic (exact) mass is 155 g/mol. The first-order valence-corrected chi connectivity index (χ1v) is 3.24. The highest BCUT2D eigenvalue weighted by Crippen LogP contribution is 2.20. The Hall–Kier alpha value is -0.870. The molecule has 0 aromatic heterocycles. The molecule has 0 aliphatic rings. The van der Waals surface area contributed by atoms with E-state index in [4.69, 9.17) is 11.6 Å². The lowest BCUT2D eigenvalue weighted by molar-refractivity contribution is 1.33. The fourth-order valence-corrected chi connectivity index (χ4v) is 0.873. The number of nitrogens with two attached hydrogens (primary N) is 2. The molecule has 3 nitrogen and oxygen atoms in total. The average molecular weight is 155 g/mol. The van der Waals surface area contributed by atoms with Gasteiger partial charge in [-0.05, 0) is 18.2 Å². The third-order valence-electron chi connectivity index (χ3n) is 1.19. The Morgan fingerprint density at radius 2 is 2.10 bits per heavy atom. The Labute approximate surface area is 64.8 Å². The lowest BCUT2D eigenvalue weighted by Crippen LogP contribution is -2.08. The molecule has 1 aromatic carbocycles. The lowest BCUT2D eigenvalue weighted by atomic mass is 10.3. The predicted octanol–water partition coefficient (Wildman–Crippen LogP) is 0.843. The number of hydrazine groups is 1. The van der Waals surface area contributed by atoms with Crippen LogP contribution in [0.3, 0.4) is 0 Å². The van der Waals surface area contributed by atoms with Crippen molar-refractivity contribution >= 4 is 24.0 Å². The maximum atomic E-state index is 5.52. The van der Waals surface area contributed by atoms with E-state index in [1.54, 1.807) is 18.2 Å². The second kappa shape index (κ2) is 2.81. The van der Waals surface area contributed by atoms with Crippen LogP contribution < -0.4 is 17.0 Å². The molecule has 1 rings (SSSR count). The molecule has 0 heterocycles. The third-order valence-corrected chi connectivity index (χ3v) is 1.47. The molecular formula is C6H9N3S. The van der Waals surface area contributed by atoms with Gasteiger partial charge in [-0.25, -0.2) is 0 Å². The molecule has 0 radical (unpaired) electrons. The summed E-state index contributed by atoms with van der Waals surface area (Å²) in [5.41, 5.74) is 9.31. The molecule has 0 saturated carbocycles. The molecule has 54 valence electrons. The molecule has 0 spiro atoms. The number of hydrogen-bond acceptors (Lipinski definition) is 4. The normalized spacial score (nSPS) is 9.40. The topological polar surface area (TPSA) is 64.1 Å². The van der Waals surface area contributed by atoms with E-state index < -0.39 is 0 Å². The maximum Gasteiger partial charge on any atom is 0.0727 e. The second-order valence-corrected chi connectivity index (χ2v) is 2.43. The Balaban J connectivity index is 3.09. The van der Waals surface area contributed by atoms with E-state index in [1.807, 2.05) is 0 Å². The summed E-state index contributed by atoms with van der Waals surface area (Å²) < 4.78 is 0. The summed E-state index contributed by atoms with van der Waals surface area (Å²) in [4.78, 5) is 0.835. The van der Waals surface area contributed by atoms with Gasteiger partial charge in [0.2, 0.25) is 0 Å². The molecule has 10 heavy (non-hydrogen) atoms. The highest BCUT2D eigenvalue weighted by Gasteiger charge is 1.94. The first-order chi connectivity index (χ1) is 4.74. The number of anilines is 2. The SMILES string of the molecule is NNc1cc(S)ccc1N. The standard InChI is InChI=1S/C6H9N3S/c7-5-2-1-4(10)3-6(5)9-8/h1-3,9-10H,7-8H2. The van der Waals surface area contributed by atoms with E-state index >= 15 is 0 Å². The zero-order chi connectivity index (χ0) is 7.56. The molecule has 1 aromatic rings. The second-order valence-electron chi connectivity index (χ2n) is 1.92. The van der Waals surface area contributed by atoms with Gasteiger partial charge in [-0.15, -0.1) is 12.6 Å². The van der Waals surface area contributed by atoms with Gasteiger partial charge in [0.1, 0.15) is 0 Å². The van der Waals surface area contributed by atoms with Gasteiger partial charge < -0.3 is 11.2 Å². The molecule has 0 aliphatic heterocycles. The molecule has 0 bridgehead atoms. The minimum Gasteiger partial charge on any atom is -0.397 e. The molecular weight excluding hydrogens is 146 g/mol. The highest BCUT2D eigenvalue weighted by atomic mass is 32.1. The number of thiol groups is 1. The van der Waals surface area contributed by atoms with Crippen LogP contribution in [0, 0.1) is 0 Å². The van der Waals surface area contributed by atoms with Gasteiger partial charge in [-0.3, -0.25) is 5.84 Å². The van der Waals surface area contributed by atoms with Crippen molar-refractivity contribution in [1.82, 2.24) is 0 Å². The van der Waals surface area contributed by atoms with E-state index in [0.717, 1.165) is 4.90 Å². The van der Waals surface area contributed by atoms with Gasteiger partial charge >= 0.3 is 0 Å². The summed E-state index contributed by atoms with van der Waals surface area (Å²) in [6, 6.07) is 5.31. The van der Waals surface area contributed by atoms with Gasteiger partial charge in [0, 0.05) is 4.90 Å². The molecule has 0 atom stereocenters. The molecule has 5 N–H and O–H groups in total. The number of hydrogen-bond donors (Lipinski definition) is 4. The molecule has 0 saturated heterocycles. The van der Waals surface area contributed by atoms with E-state index in [1.165, 1.54) is 0 Å². The largest absolute Gasteiger partial charge is 0.397 e. The van der Waals surface area contributed by atoms with Crippen molar-refractivity contribution in [1.29, 1.82) is 0 Å². The van der Waals surface area contributed by atoms with Crippen molar-refractivity contribution in [3.63, 3.8) is 0 Å². The van der Waals surface area contributed by atoms with Crippen molar-refractivity contribution in [2.75, 3.05) is 11.2 Å². The van der Waals surface area contributed by atoms with Crippen molar-refractivity contribution in [3.05, 3.63) is 18.2 Å². The van der Waals surface area contributed by atoms with E-state index in [0.29, 0.717) is 11.4 Å². The summed E-state index contributed by atoms with van der Waals surface area (Å²) in [6.45, 7) is 0. The fourth-order valence-electron chi connectivity index (χ4n) is 0.669. The smallest absolute Gasteiger partial charge is 0.0727 e. The van der Waals surface area contributed by atoms with E-state index in [-0.39, 0.29) is 0 Å². The molecule has 4 heteroatoms. The van der Waals surface area contributed by atoms with Crippen LogP contribution in [-0.4, -0.2) is 0 Å². The Morgan fingerprint density at radius 3 is 2.60 bits per heavy atom. The fraction of sp³-hybridized carbons (Fsp3) is 0. The van der Waals surface area contributed by atoms with Gasteiger partial charge in [-0.2, -0.15) is 0 Å². The Bertz CT molecular complexity index is 236. The summed E-state index contributed by atoms with van der Waals surface area (Å²) in [5, 5.41) is 0. The van der Waals surface area contributed by atoms with Crippen LogP contribution in [0.2, 0.25) is 0 Å². The zero-order valence-corrected chi connectivity index (χ0v) is 6.23. The predicted molar refractivity (Wildman–Crippen MR) is 45.9 cm³/mol. The number of rotatable bonds is 1. The number of nitrogen functional groups attached to an aromatic ring is 2. The first-order valence-electron chi connectivity index (χ1n) is 2.79. The van der Waals surface area contributed by atoms with Crippen molar-refractivity contribution in [2.24, 2.45) is 5.84 Å². The van der Waals surface area contributed by atoms with Crippen LogP contribution in [0.4, 0.5) is 11.4 Å². The number of benzene rings is 1. The highest BCUT2D eigenvalue weighted by molar-refractivity contribution is 7.80. The van der Waals surface area contributed by atoms with Crippen LogP contribution in [0.5, 0.6) is 0 Å². The maximum absolute atomic E-state index is 5.52. The average Bonchev–Trinajstić information content (AvgIpc) is 1.94. The van der Waals surface area contributed by atoms with Crippen LogP contribution in [0.15, 0.2) is 23.1 Å².